The Morgan fingerprint density at radius 3 is 2.87 bits per heavy atom. The number of nitrogens with zero attached hydrogens (tertiary/aromatic N) is 2. The number of aliphatic hydroxyl groups is 1. The van der Waals surface area contributed by atoms with E-state index in [1.165, 1.54) is 12.1 Å². The van der Waals surface area contributed by atoms with Gasteiger partial charge >= 0.3 is 0 Å². The molecule has 0 aliphatic rings. The first-order valence-electron chi connectivity index (χ1n) is 4.53. The molecule has 2 N–H and O–H groups in total. The standard InChI is InChI=1S/C10H10FN3O/c1-6(15)9-10(13-14-12-9)7-3-2-4-8(11)5-7/h2-6,15H,1H3,(H,12,13,14). The summed E-state index contributed by atoms with van der Waals surface area (Å²) < 4.78 is 13.0. The lowest BCUT2D eigenvalue weighted by atomic mass is 10.1. The van der Waals surface area contributed by atoms with Crippen molar-refractivity contribution in [2.24, 2.45) is 0 Å². The first-order chi connectivity index (χ1) is 7.18. The van der Waals surface area contributed by atoms with Gasteiger partial charge in [-0.15, -0.1) is 0 Å². The fourth-order valence-electron chi connectivity index (χ4n) is 1.38. The van der Waals surface area contributed by atoms with Crippen molar-refractivity contribution in [3.63, 3.8) is 0 Å². The zero-order chi connectivity index (χ0) is 10.8. The number of hydrogen-bond acceptors (Lipinski definition) is 3. The van der Waals surface area contributed by atoms with Gasteiger partial charge in [-0.2, -0.15) is 15.4 Å². The van der Waals surface area contributed by atoms with E-state index in [0.717, 1.165) is 0 Å². The number of H-pyrrole nitrogens is 1. The van der Waals surface area contributed by atoms with Crippen LogP contribution in [0.1, 0.15) is 18.7 Å². The first-order valence-corrected chi connectivity index (χ1v) is 4.53. The highest BCUT2D eigenvalue weighted by molar-refractivity contribution is 5.61. The Balaban J connectivity index is 2.49. The normalized spacial score (nSPS) is 12.7. The minimum absolute atomic E-state index is 0.341. The highest BCUT2D eigenvalue weighted by atomic mass is 19.1. The highest BCUT2D eigenvalue weighted by Gasteiger charge is 2.14. The maximum absolute atomic E-state index is 13.0. The van der Waals surface area contributed by atoms with Crippen LogP contribution in [0, 0.1) is 5.82 Å². The molecule has 0 aliphatic carbocycles. The summed E-state index contributed by atoms with van der Waals surface area (Å²) in [4.78, 5) is 0. The second-order valence-electron chi connectivity index (χ2n) is 3.24. The van der Waals surface area contributed by atoms with Crippen LogP contribution in [-0.4, -0.2) is 20.5 Å². The van der Waals surface area contributed by atoms with Crippen LogP contribution in [0.25, 0.3) is 11.3 Å². The number of aromatic amines is 1. The summed E-state index contributed by atoms with van der Waals surface area (Å²) in [5, 5.41) is 19.5. The lowest BCUT2D eigenvalue weighted by molar-refractivity contribution is 0.195. The van der Waals surface area contributed by atoms with E-state index in [9.17, 15) is 9.50 Å². The highest BCUT2D eigenvalue weighted by Crippen LogP contribution is 2.24. The molecule has 0 fully saturated rings. The number of aromatic nitrogens is 3. The molecule has 5 heteroatoms. The average molecular weight is 207 g/mol. The molecule has 0 saturated carbocycles. The summed E-state index contributed by atoms with van der Waals surface area (Å²) in [6, 6.07) is 6.01. The Labute approximate surface area is 85.8 Å². The van der Waals surface area contributed by atoms with Gasteiger partial charge in [0.15, 0.2) is 0 Å². The quantitative estimate of drug-likeness (QED) is 0.787. The molecule has 1 heterocycles. The molecule has 2 rings (SSSR count). The third-order valence-electron chi connectivity index (χ3n) is 2.07. The molecule has 1 aromatic heterocycles. The van der Waals surface area contributed by atoms with Gasteiger partial charge in [-0.05, 0) is 19.1 Å². The zero-order valence-electron chi connectivity index (χ0n) is 8.11. The van der Waals surface area contributed by atoms with Crippen LogP contribution in [0.3, 0.4) is 0 Å². The minimum atomic E-state index is -0.734. The number of halogens is 1. The molecule has 78 valence electrons. The topological polar surface area (TPSA) is 61.8 Å². The molecule has 0 radical (unpaired) electrons. The van der Waals surface area contributed by atoms with Gasteiger partial charge in [-0.3, -0.25) is 0 Å². The second-order valence-corrected chi connectivity index (χ2v) is 3.24. The van der Waals surface area contributed by atoms with Crippen molar-refractivity contribution in [1.29, 1.82) is 0 Å². The van der Waals surface area contributed by atoms with Crippen LogP contribution >= 0.6 is 0 Å². The third kappa shape index (κ3) is 1.87. The molecule has 1 unspecified atom stereocenters. The number of rotatable bonds is 2. The maximum atomic E-state index is 13.0. The lowest BCUT2D eigenvalue weighted by Crippen LogP contribution is -1.94. The molecule has 15 heavy (non-hydrogen) atoms. The number of nitrogens with one attached hydrogen (secondary N) is 1. The Morgan fingerprint density at radius 2 is 2.20 bits per heavy atom. The Kier molecular flexibility index (Phi) is 2.47. The van der Waals surface area contributed by atoms with E-state index in [1.54, 1.807) is 19.1 Å². The summed E-state index contributed by atoms with van der Waals surface area (Å²) in [6.45, 7) is 1.58. The van der Waals surface area contributed by atoms with E-state index in [4.69, 9.17) is 0 Å². The molecule has 0 amide bonds. The molecular weight excluding hydrogens is 197 g/mol. The third-order valence-corrected chi connectivity index (χ3v) is 2.07. The first kappa shape index (κ1) is 9.79. The lowest BCUT2D eigenvalue weighted by Gasteiger charge is -2.02. The maximum Gasteiger partial charge on any atom is 0.123 e. The molecule has 1 atom stereocenters. The van der Waals surface area contributed by atoms with Crippen LogP contribution in [0.4, 0.5) is 4.39 Å². The molecule has 0 saturated heterocycles. The molecule has 4 nitrogen and oxygen atoms in total. The monoisotopic (exact) mass is 207 g/mol. The smallest absolute Gasteiger partial charge is 0.123 e. The van der Waals surface area contributed by atoms with Gasteiger partial charge in [0.25, 0.3) is 0 Å². The zero-order valence-corrected chi connectivity index (χ0v) is 8.11. The van der Waals surface area contributed by atoms with Crippen molar-refractivity contribution in [3.8, 4) is 11.3 Å². The van der Waals surface area contributed by atoms with Crippen molar-refractivity contribution in [1.82, 2.24) is 15.4 Å². The molecule has 0 spiro atoms. The van der Waals surface area contributed by atoms with E-state index in [0.29, 0.717) is 17.0 Å². The number of aliphatic hydroxyl groups excluding tert-OH is 1. The summed E-state index contributed by atoms with van der Waals surface area (Å²) in [7, 11) is 0. The summed E-state index contributed by atoms with van der Waals surface area (Å²) in [5.74, 6) is -0.341. The van der Waals surface area contributed by atoms with Crippen LogP contribution < -0.4 is 0 Å². The van der Waals surface area contributed by atoms with Crippen LogP contribution in [0.5, 0.6) is 0 Å². The Hall–Kier alpha value is -1.75. The van der Waals surface area contributed by atoms with Gasteiger partial charge in [0.05, 0.1) is 6.10 Å². The van der Waals surface area contributed by atoms with E-state index in [1.807, 2.05) is 0 Å². The molecule has 1 aromatic carbocycles. The van der Waals surface area contributed by atoms with Gasteiger partial charge in [-0.25, -0.2) is 4.39 Å². The van der Waals surface area contributed by atoms with E-state index in [-0.39, 0.29) is 5.82 Å². The van der Waals surface area contributed by atoms with Crippen molar-refractivity contribution in [2.75, 3.05) is 0 Å². The van der Waals surface area contributed by atoms with Gasteiger partial charge < -0.3 is 5.11 Å². The summed E-state index contributed by atoms with van der Waals surface area (Å²) in [5.41, 5.74) is 1.49. The Morgan fingerprint density at radius 1 is 1.40 bits per heavy atom. The SMILES string of the molecule is CC(O)c1n[nH]nc1-c1cccc(F)c1. The van der Waals surface area contributed by atoms with E-state index < -0.39 is 6.10 Å². The fourth-order valence-corrected chi connectivity index (χ4v) is 1.38. The van der Waals surface area contributed by atoms with E-state index in [2.05, 4.69) is 15.4 Å². The summed E-state index contributed by atoms with van der Waals surface area (Å²) in [6.07, 6.45) is -0.734. The second kappa shape index (κ2) is 3.78. The van der Waals surface area contributed by atoms with Gasteiger partial charge in [-0.1, -0.05) is 12.1 Å². The number of hydrogen-bond donors (Lipinski definition) is 2. The van der Waals surface area contributed by atoms with Crippen molar-refractivity contribution >= 4 is 0 Å². The Bertz CT molecular complexity index is 467. The molecular formula is C10H10FN3O. The average Bonchev–Trinajstić information content (AvgIpc) is 2.65. The predicted molar refractivity (Wildman–Crippen MR) is 52.4 cm³/mol. The molecule has 0 bridgehead atoms. The van der Waals surface area contributed by atoms with Crippen LogP contribution in [0.2, 0.25) is 0 Å². The largest absolute Gasteiger partial charge is 0.387 e. The molecule has 2 aromatic rings. The van der Waals surface area contributed by atoms with Crippen LogP contribution in [0.15, 0.2) is 24.3 Å². The van der Waals surface area contributed by atoms with Crippen molar-refractivity contribution in [2.45, 2.75) is 13.0 Å². The fraction of sp³-hybridized carbons (Fsp3) is 0.200. The van der Waals surface area contributed by atoms with Gasteiger partial charge in [0.1, 0.15) is 17.2 Å². The van der Waals surface area contributed by atoms with Gasteiger partial charge in [0.2, 0.25) is 0 Å². The predicted octanol–water partition coefficient (Wildman–Crippen LogP) is 1.66. The van der Waals surface area contributed by atoms with E-state index >= 15 is 0 Å². The van der Waals surface area contributed by atoms with Crippen molar-refractivity contribution < 1.29 is 9.50 Å². The summed E-state index contributed by atoms with van der Waals surface area (Å²) >= 11 is 0. The number of benzene rings is 1. The van der Waals surface area contributed by atoms with Crippen LogP contribution in [-0.2, 0) is 0 Å². The molecule has 0 aliphatic heterocycles. The van der Waals surface area contributed by atoms with Gasteiger partial charge in [0, 0.05) is 5.56 Å². The van der Waals surface area contributed by atoms with Crippen molar-refractivity contribution in [3.05, 3.63) is 35.8 Å². The minimum Gasteiger partial charge on any atom is -0.387 e.